The van der Waals surface area contributed by atoms with Crippen molar-refractivity contribution >= 4 is 28.1 Å². The van der Waals surface area contributed by atoms with Crippen molar-refractivity contribution in [3.8, 4) is 10.6 Å². The smallest absolute Gasteiger partial charge is 0.227 e. The van der Waals surface area contributed by atoms with E-state index in [9.17, 15) is 4.39 Å². The number of benzene rings is 1. The van der Waals surface area contributed by atoms with E-state index in [0.29, 0.717) is 11.5 Å². The van der Waals surface area contributed by atoms with Crippen LogP contribution in [0.2, 0.25) is 0 Å². The fourth-order valence-corrected chi connectivity index (χ4v) is 4.28. The molecule has 2 N–H and O–H groups in total. The summed E-state index contributed by atoms with van der Waals surface area (Å²) >= 11 is 1.63. The molecule has 140 valence electrons. The van der Waals surface area contributed by atoms with E-state index < -0.39 is 0 Å². The Morgan fingerprint density at radius 2 is 1.96 bits per heavy atom. The second kappa shape index (κ2) is 6.56. The first-order chi connectivity index (χ1) is 12.8. The molecule has 0 aliphatic heterocycles. The minimum atomic E-state index is -0.222. The van der Waals surface area contributed by atoms with Crippen LogP contribution in [0.25, 0.3) is 10.6 Å². The molecule has 0 saturated heterocycles. The molecule has 0 unspecified atom stereocenters. The van der Waals surface area contributed by atoms with Gasteiger partial charge in [-0.25, -0.2) is 19.3 Å². The van der Waals surface area contributed by atoms with Crippen molar-refractivity contribution in [2.45, 2.75) is 46.1 Å². The van der Waals surface area contributed by atoms with Gasteiger partial charge in [-0.05, 0) is 69.9 Å². The molecule has 5 nitrogen and oxygen atoms in total. The lowest BCUT2D eigenvalue weighted by atomic mass is 10.00. The van der Waals surface area contributed by atoms with Crippen LogP contribution < -0.4 is 10.6 Å². The molecule has 0 bridgehead atoms. The number of halogens is 1. The van der Waals surface area contributed by atoms with Gasteiger partial charge < -0.3 is 10.6 Å². The standard InChI is InChI=1S/C20H22FN5S/c1-11-9-13(6-7-14(11)21)23-18-22-10-12-5-8-15-17(16(12)25-18)27-19(24-15)26-20(2,3)4/h6-7,9-10H,5,8H2,1-4H3,(H,24,26)(H,22,23,25). The predicted octanol–water partition coefficient (Wildman–Crippen LogP) is 5.10. The highest BCUT2D eigenvalue weighted by Crippen LogP contribution is 2.39. The fourth-order valence-electron chi connectivity index (χ4n) is 3.03. The Labute approximate surface area is 162 Å². The van der Waals surface area contributed by atoms with Crippen molar-refractivity contribution in [3.05, 3.63) is 47.0 Å². The molecule has 0 atom stereocenters. The van der Waals surface area contributed by atoms with Crippen molar-refractivity contribution in [2.24, 2.45) is 0 Å². The zero-order chi connectivity index (χ0) is 19.2. The van der Waals surface area contributed by atoms with Crippen LogP contribution in [0.1, 0.15) is 37.6 Å². The quantitative estimate of drug-likeness (QED) is 0.659. The molecular weight excluding hydrogens is 361 g/mol. The van der Waals surface area contributed by atoms with Gasteiger partial charge in [-0.1, -0.05) is 11.3 Å². The van der Waals surface area contributed by atoms with Gasteiger partial charge in [0.1, 0.15) is 5.82 Å². The van der Waals surface area contributed by atoms with E-state index >= 15 is 0 Å². The number of hydrogen-bond donors (Lipinski definition) is 2. The molecule has 27 heavy (non-hydrogen) atoms. The normalized spacial score (nSPS) is 13.1. The van der Waals surface area contributed by atoms with Crippen LogP contribution in [0.3, 0.4) is 0 Å². The van der Waals surface area contributed by atoms with Crippen molar-refractivity contribution in [2.75, 3.05) is 10.6 Å². The molecule has 0 spiro atoms. The Kier molecular flexibility index (Phi) is 4.34. The first-order valence-corrected chi connectivity index (χ1v) is 9.77. The number of rotatable bonds is 3. The Morgan fingerprint density at radius 1 is 1.15 bits per heavy atom. The number of fused-ring (bicyclic) bond motifs is 3. The number of hydrogen-bond acceptors (Lipinski definition) is 6. The van der Waals surface area contributed by atoms with Gasteiger partial charge in [0.2, 0.25) is 5.95 Å². The summed E-state index contributed by atoms with van der Waals surface area (Å²) in [6.45, 7) is 8.10. The number of aryl methyl sites for hydroxylation is 3. The van der Waals surface area contributed by atoms with Gasteiger partial charge >= 0.3 is 0 Å². The SMILES string of the molecule is Cc1cc(Nc2ncc3c(n2)-c2sc(NC(C)(C)C)nc2CC3)ccc1F. The third-order valence-corrected chi connectivity index (χ3v) is 5.32. The highest BCUT2D eigenvalue weighted by Gasteiger charge is 2.24. The summed E-state index contributed by atoms with van der Waals surface area (Å²) in [6.07, 6.45) is 3.66. The summed E-state index contributed by atoms with van der Waals surface area (Å²) in [6, 6.07) is 4.89. The van der Waals surface area contributed by atoms with Gasteiger partial charge in [0.15, 0.2) is 5.13 Å². The Bertz CT molecular complexity index is 1010. The van der Waals surface area contributed by atoms with Gasteiger partial charge in [-0.2, -0.15) is 0 Å². The van der Waals surface area contributed by atoms with Crippen molar-refractivity contribution in [1.82, 2.24) is 15.0 Å². The minimum Gasteiger partial charge on any atom is -0.357 e. The molecule has 1 aliphatic carbocycles. The van der Waals surface area contributed by atoms with E-state index in [0.717, 1.165) is 45.5 Å². The lowest BCUT2D eigenvalue weighted by Gasteiger charge is -2.19. The maximum Gasteiger partial charge on any atom is 0.227 e. The van der Waals surface area contributed by atoms with Crippen molar-refractivity contribution < 1.29 is 4.39 Å². The molecule has 2 aromatic heterocycles. The maximum atomic E-state index is 13.5. The largest absolute Gasteiger partial charge is 0.357 e. The van der Waals surface area contributed by atoms with Gasteiger partial charge in [0, 0.05) is 17.4 Å². The lowest BCUT2D eigenvalue weighted by Crippen LogP contribution is -2.25. The summed E-state index contributed by atoms with van der Waals surface area (Å²) in [5, 5.41) is 7.54. The van der Waals surface area contributed by atoms with Gasteiger partial charge in [0.05, 0.1) is 16.3 Å². The zero-order valence-corrected chi connectivity index (χ0v) is 16.7. The van der Waals surface area contributed by atoms with E-state index in [1.54, 1.807) is 30.4 Å². The Balaban J connectivity index is 1.66. The zero-order valence-electron chi connectivity index (χ0n) is 15.9. The molecule has 4 rings (SSSR count). The van der Waals surface area contributed by atoms with E-state index in [2.05, 4.69) is 36.4 Å². The van der Waals surface area contributed by atoms with Crippen LogP contribution in [-0.4, -0.2) is 20.5 Å². The average molecular weight is 383 g/mol. The summed E-state index contributed by atoms with van der Waals surface area (Å²) in [4.78, 5) is 15.0. The first kappa shape index (κ1) is 17.9. The summed E-state index contributed by atoms with van der Waals surface area (Å²) in [5.41, 5.74) is 4.47. The average Bonchev–Trinajstić information content (AvgIpc) is 2.99. The van der Waals surface area contributed by atoms with Crippen LogP contribution in [0.4, 0.5) is 21.2 Å². The number of nitrogens with zero attached hydrogens (tertiary/aromatic N) is 3. The fraction of sp³-hybridized carbons (Fsp3) is 0.350. The minimum absolute atomic E-state index is 0.0396. The number of aromatic nitrogens is 3. The highest BCUT2D eigenvalue weighted by atomic mass is 32.1. The molecule has 2 heterocycles. The monoisotopic (exact) mass is 383 g/mol. The second-order valence-electron chi connectivity index (χ2n) is 7.83. The van der Waals surface area contributed by atoms with Crippen LogP contribution >= 0.6 is 11.3 Å². The third-order valence-electron chi connectivity index (χ3n) is 4.30. The summed E-state index contributed by atoms with van der Waals surface area (Å²) < 4.78 is 13.5. The molecule has 3 aromatic rings. The first-order valence-electron chi connectivity index (χ1n) is 8.96. The third kappa shape index (κ3) is 3.78. The molecule has 0 saturated carbocycles. The van der Waals surface area contributed by atoms with Crippen molar-refractivity contribution in [1.29, 1.82) is 0 Å². The highest BCUT2D eigenvalue weighted by molar-refractivity contribution is 7.19. The van der Waals surface area contributed by atoms with E-state index in [1.807, 2.05) is 6.20 Å². The number of anilines is 3. The number of thiazole rings is 1. The van der Waals surface area contributed by atoms with E-state index in [-0.39, 0.29) is 11.4 Å². The molecule has 0 amide bonds. The lowest BCUT2D eigenvalue weighted by molar-refractivity contribution is 0.619. The van der Waals surface area contributed by atoms with E-state index in [4.69, 9.17) is 9.97 Å². The predicted molar refractivity (Wildman–Crippen MR) is 108 cm³/mol. The topological polar surface area (TPSA) is 62.7 Å². The van der Waals surface area contributed by atoms with Crippen LogP contribution in [0.15, 0.2) is 24.4 Å². The van der Waals surface area contributed by atoms with Crippen LogP contribution in [0, 0.1) is 12.7 Å². The molecule has 7 heteroatoms. The molecular formula is C20H22FN5S. The number of nitrogens with one attached hydrogen (secondary N) is 2. The second-order valence-corrected chi connectivity index (χ2v) is 8.83. The van der Waals surface area contributed by atoms with Gasteiger partial charge in [-0.3, -0.25) is 0 Å². The van der Waals surface area contributed by atoms with Crippen molar-refractivity contribution in [3.63, 3.8) is 0 Å². The molecule has 0 radical (unpaired) electrons. The Hall–Kier alpha value is -2.54. The Morgan fingerprint density at radius 3 is 2.70 bits per heavy atom. The van der Waals surface area contributed by atoms with Crippen LogP contribution in [0.5, 0.6) is 0 Å². The van der Waals surface area contributed by atoms with Gasteiger partial charge in [0.25, 0.3) is 0 Å². The van der Waals surface area contributed by atoms with Gasteiger partial charge in [-0.15, -0.1) is 0 Å². The molecule has 0 fully saturated rings. The summed E-state index contributed by atoms with van der Waals surface area (Å²) in [5.74, 6) is 0.284. The molecule has 1 aliphatic rings. The maximum absolute atomic E-state index is 13.5. The van der Waals surface area contributed by atoms with E-state index in [1.165, 1.54) is 6.07 Å². The molecule has 1 aromatic carbocycles. The summed E-state index contributed by atoms with van der Waals surface area (Å²) in [7, 11) is 0. The van der Waals surface area contributed by atoms with Crippen LogP contribution in [-0.2, 0) is 12.8 Å².